The molecule has 3 aromatic carbocycles. The minimum Gasteiger partial charge on any atom is -0.508 e. The molecule has 9 rings (SSSR count). The highest BCUT2D eigenvalue weighted by molar-refractivity contribution is 6.05. The summed E-state index contributed by atoms with van der Waals surface area (Å²) in [7, 11) is 0. The number of phenolic OH excluding ortho intramolecular Hbond substituents is 1. The lowest BCUT2D eigenvalue weighted by atomic mass is 9.92. The van der Waals surface area contributed by atoms with Crippen LogP contribution >= 0.6 is 0 Å². The highest BCUT2D eigenvalue weighted by Gasteiger charge is 2.50. The van der Waals surface area contributed by atoms with Gasteiger partial charge < -0.3 is 24.8 Å². The molecule has 0 amide bonds. The molecule has 10 heteroatoms. The lowest BCUT2D eigenvalue weighted by Crippen LogP contribution is -2.60. The maximum atomic E-state index is 17.1. The Bertz CT molecular complexity index is 1850. The van der Waals surface area contributed by atoms with Crippen molar-refractivity contribution in [2.45, 2.75) is 75.3 Å². The number of aromatic hydroxyl groups is 1. The van der Waals surface area contributed by atoms with Crippen LogP contribution in [-0.2, 0) is 6.42 Å². The van der Waals surface area contributed by atoms with E-state index < -0.39 is 12.0 Å². The maximum absolute atomic E-state index is 17.1. The van der Waals surface area contributed by atoms with Gasteiger partial charge in [-0.1, -0.05) is 25.1 Å². The lowest BCUT2D eigenvalue weighted by Gasteiger charge is -2.40. The summed E-state index contributed by atoms with van der Waals surface area (Å²) in [5.41, 5.74) is 1.71. The first-order valence-corrected chi connectivity index (χ1v) is 16.4. The van der Waals surface area contributed by atoms with Crippen molar-refractivity contribution in [3.8, 4) is 28.6 Å². The predicted octanol–water partition coefficient (Wildman–Crippen LogP) is 5.51. The van der Waals surface area contributed by atoms with Gasteiger partial charge in [-0.05, 0) is 78.7 Å². The van der Waals surface area contributed by atoms with Crippen molar-refractivity contribution in [3.05, 3.63) is 47.8 Å². The SMILES string of the molecule is CCc1cccc2cc(O)cc(-c3cc4c5c(nc(OC[C@@]67CCCN6C[C@H](F)C7)nc5c3F)N3C[C@@H]5CC[C@@H](N5)[C@@H]3CO4)c12. The number of phenols is 1. The second kappa shape index (κ2) is 10.1. The number of anilines is 1. The van der Waals surface area contributed by atoms with Gasteiger partial charge >= 0.3 is 6.01 Å². The molecule has 4 saturated heterocycles. The normalized spacial score (nSPS) is 28.7. The topological polar surface area (TPSA) is 83.0 Å². The number of rotatable bonds is 5. The molecule has 0 unspecified atom stereocenters. The molecule has 1 aromatic heterocycles. The molecule has 8 nitrogen and oxygen atoms in total. The van der Waals surface area contributed by atoms with Crippen molar-refractivity contribution < 1.29 is 23.4 Å². The number of fused-ring (bicyclic) bond motifs is 7. The number of ether oxygens (including phenoxy) is 2. The zero-order valence-corrected chi connectivity index (χ0v) is 25.4. The van der Waals surface area contributed by atoms with Gasteiger partial charge in [0.2, 0.25) is 0 Å². The molecular formula is C35H37F2N5O3. The van der Waals surface area contributed by atoms with E-state index in [0.29, 0.717) is 53.7 Å². The fourth-order valence-electron chi connectivity index (χ4n) is 8.95. The number of nitrogens with one attached hydrogen (secondary N) is 1. The van der Waals surface area contributed by atoms with Gasteiger partial charge in [0.05, 0.1) is 17.0 Å². The van der Waals surface area contributed by atoms with Crippen molar-refractivity contribution in [3.63, 3.8) is 0 Å². The van der Waals surface area contributed by atoms with Crippen LogP contribution in [0.25, 0.3) is 32.8 Å². The Morgan fingerprint density at radius 2 is 2.04 bits per heavy atom. The molecule has 5 aliphatic rings. The zero-order valence-electron chi connectivity index (χ0n) is 25.4. The van der Waals surface area contributed by atoms with Crippen LogP contribution < -0.4 is 19.7 Å². The average Bonchev–Trinajstić information content (AvgIpc) is 3.67. The van der Waals surface area contributed by atoms with E-state index in [1.54, 1.807) is 18.2 Å². The Morgan fingerprint density at radius 3 is 2.93 bits per heavy atom. The zero-order chi connectivity index (χ0) is 30.4. The third kappa shape index (κ3) is 4.21. The van der Waals surface area contributed by atoms with Gasteiger partial charge in [0.15, 0.2) is 5.82 Å². The van der Waals surface area contributed by atoms with Crippen LogP contribution in [0.5, 0.6) is 17.5 Å². The van der Waals surface area contributed by atoms with E-state index in [0.717, 1.165) is 61.5 Å². The van der Waals surface area contributed by atoms with Crippen LogP contribution in [0.4, 0.5) is 14.6 Å². The first-order chi connectivity index (χ1) is 21.9. The van der Waals surface area contributed by atoms with Crippen LogP contribution in [0.3, 0.4) is 0 Å². The molecule has 0 radical (unpaired) electrons. The number of piperazine rings is 1. The Kier molecular flexibility index (Phi) is 6.20. The molecule has 0 spiro atoms. The third-order valence-electron chi connectivity index (χ3n) is 11.0. The number of aromatic nitrogens is 2. The summed E-state index contributed by atoms with van der Waals surface area (Å²) in [6.45, 7) is 4.77. The second-order valence-corrected chi connectivity index (χ2v) is 13.6. The number of benzene rings is 3. The standard InChI is InChI=1S/C35H37F2N5O3/c1-2-19-5-3-6-20-11-23(43)12-24(29(19)20)25-13-28-30-32(31(25)37)39-34(45-18-35-9-4-10-41(35)15-21(36)14-35)40-33(30)42-16-22-7-8-26(38-22)27(42)17-44-28/h3,5-6,11-13,21-22,26-27,38,43H,2,4,7-10,14-18H2,1H3/t21-,22+,26-,27+,35+/m1/s1. The van der Waals surface area contributed by atoms with Crippen molar-refractivity contribution >= 4 is 27.5 Å². The van der Waals surface area contributed by atoms with Crippen molar-refractivity contribution in [1.82, 2.24) is 20.2 Å². The van der Waals surface area contributed by atoms with Gasteiger partial charge in [-0.15, -0.1) is 0 Å². The minimum absolute atomic E-state index is 0.0213. The third-order valence-corrected chi connectivity index (χ3v) is 11.0. The summed E-state index contributed by atoms with van der Waals surface area (Å²) in [6, 6.07) is 11.7. The Hall–Kier alpha value is -3.76. The van der Waals surface area contributed by atoms with Crippen LogP contribution in [0.1, 0.15) is 44.6 Å². The molecule has 2 N–H and O–H groups in total. The maximum Gasteiger partial charge on any atom is 0.319 e. The average molecular weight is 614 g/mol. The van der Waals surface area contributed by atoms with Gasteiger partial charge in [0.25, 0.3) is 0 Å². The van der Waals surface area contributed by atoms with Crippen molar-refractivity contribution in [2.24, 2.45) is 0 Å². The first-order valence-electron chi connectivity index (χ1n) is 16.4. The van der Waals surface area contributed by atoms with Crippen LogP contribution in [-0.4, -0.2) is 82.7 Å². The summed E-state index contributed by atoms with van der Waals surface area (Å²) in [6.07, 6.45) is 4.28. The smallest absolute Gasteiger partial charge is 0.319 e. The molecule has 45 heavy (non-hydrogen) atoms. The van der Waals surface area contributed by atoms with E-state index in [2.05, 4.69) is 22.0 Å². The highest BCUT2D eigenvalue weighted by atomic mass is 19.1. The molecule has 2 bridgehead atoms. The molecule has 234 valence electrons. The van der Waals surface area contributed by atoms with Gasteiger partial charge in [0.1, 0.15) is 42.2 Å². The summed E-state index contributed by atoms with van der Waals surface area (Å²) >= 11 is 0. The number of aryl methyl sites for hydroxylation is 1. The van der Waals surface area contributed by atoms with Crippen LogP contribution in [0.2, 0.25) is 0 Å². The number of hydrogen-bond acceptors (Lipinski definition) is 8. The Labute approximate surface area is 260 Å². The Morgan fingerprint density at radius 1 is 1.13 bits per heavy atom. The van der Waals surface area contributed by atoms with Gasteiger partial charge in [0, 0.05) is 37.2 Å². The summed E-state index contributed by atoms with van der Waals surface area (Å²) in [4.78, 5) is 14.1. The number of alkyl halides is 1. The number of halogens is 2. The van der Waals surface area contributed by atoms with E-state index in [1.165, 1.54) is 0 Å². The van der Waals surface area contributed by atoms with E-state index in [9.17, 15) is 9.50 Å². The Balaban J connectivity index is 1.24. The van der Waals surface area contributed by atoms with Crippen LogP contribution in [0, 0.1) is 5.82 Å². The van der Waals surface area contributed by atoms with Gasteiger partial charge in [-0.25, -0.2) is 8.78 Å². The van der Waals surface area contributed by atoms with Crippen molar-refractivity contribution in [2.75, 3.05) is 37.7 Å². The molecule has 4 fully saturated rings. The number of nitrogens with zero attached hydrogens (tertiary/aromatic N) is 4. The highest BCUT2D eigenvalue weighted by Crippen LogP contribution is 2.47. The molecular weight excluding hydrogens is 576 g/mol. The molecule has 4 aromatic rings. The molecule has 5 atom stereocenters. The fraction of sp³-hybridized carbons (Fsp3) is 0.486. The lowest BCUT2D eigenvalue weighted by molar-refractivity contribution is 0.107. The van der Waals surface area contributed by atoms with E-state index in [1.807, 2.05) is 18.2 Å². The molecule has 0 aliphatic carbocycles. The second-order valence-electron chi connectivity index (χ2n) is 13.6. The summed E-state index contributed by atoms with van der Waals surface area (Å²) in [5, 5.41) is 16.7. The summed E-state index contributed by atoms with van der Waals surface area (Å²) in [5.74, 6) is 0.703. The monoisotopic (exact) mass is 613 g/mol. The van der Waals surface area contributed by atoms with E-state index >= 15 is 4.39 Å². The summed E-state index contributed by atoms with van der Waals surface area (Å²) < 4.78 is 44.5. The molecule has 5 aliphatic heterocycles. The van der Waals surface area contributed by atoms with E-state index in [4.69, 9.17) is 19.4 Å². The predicted molar refractivity (Wildman–Crippen MR) is 169 cm³/mol. The van der Waals surface area contributed by atoms with E-state index in [-0.39, 0.29) is 41.5 Å². The van der Waals surface area contributed by atoms with Crippen LogP contribution in [0.15, 0.2) is 36.4 Å². The first kappa shape index (κ1) is 27.5. The van der Waals surface area contributed by atoms with Gasteiger partial charge in [-0.3, -0.25) is 4.90 Å². The van der Waals surface area contributed by atoms with Crippen molar-refractivity contribution in [1.29, 1.82) is 0 Å². The molecule has 0 saturated carbocycles. The fourth-order valence-corrected chi connectivity index (χ4v) is 8.95. The minimum atomic E-state index is -0.877. The largest absolute Gasteiger partial charge is 0.508 e. The quantitative estimate of drug-likeness (QED) is 0.305. The molecule has 6 heterocycles. The van der Waals surface area contributed by atoms with Gasteiger partial charge in [-0.2, -0.15) is 9.97 Å². The number of hydrogen-bond donors (Lipinski definition) is 2.